The molecule has 7 nitrogen and oxygen atoms in total. The van der Waals surface area contributed by atoms with Gasteiger partial charge in [0.2, 0.25) is 0 Å². The first-order valence-corrected chi connectivity index (χ1v) is 7.81. The van der Waals surface area contributed by atoms with Crippen LogP contribution in [0.2, 0.25) is 0 Å². The molecule has 1 atom stereocenters. The van der Waals surface area contributed by atoms with E-state index < -0.39 is 6.10 Å². The molecule has 20 heavy (non-hydrogen) atoms. The quantitative estimate of drug-likeness (QED) is 0.716. The molecule has 0 amide bonds. The van der Waals surface area contributed by atoms with Gasteiger partial charge in [0.05, 0.1) is 25.3 Å². The van der Waals surface area contributed by atoms with E-state index in [1.807, 2.05) is 11.8 Å². The average Bonchev–Trinajstić information content (AvgIpc) is 2.93. The zero-order valence-electron chi connectivity index (χ0n) is 11.1. The Balaban J connectivity index is 1.70. The van der Waals surface area contributed by atoms with Crippen molar-refractivity contribution < 1.29 is 5.11 Å². The molecule has 0 radical (unpaired) electrons. The van der Waals surface area contributed by atoms with E-state index in [0.717, 1.165) is 24.6 Å². The molecule has 0 bridgehead atoms. The number of imidazole rings is 1. The van der Waals surface area contributed by atoms with Gasteiger partial charge in [-0.15, -0.1) is 0 Å². The number of rotatable bonds is 4. The van der Waals surface area contributed by atoms with Crippen LogP contribution in [0.1, 0.15) is 0 Å². The number of nitrogens with one attached hydrogen (secondary N) is 2. The summed E-state index contributed by atoms with van der Waals surface area (Å²) in [6.45, 7) is 3.18. The second kappa shape index (κ2) is 5.94. The van der Waals surface area contributed by atoms with Crippen LogP contribution in [-0.2, 0) is 6.54 Å². The fourth-order valence-corrected chi connectivity index (χ4v) is 3.40. The van der Waals surface area contributed by atoms with Crippen LogP contribution in [0.25, 0.3) is 11.2 Å². The molecule has 2 aromatic rings. The topological polar surface area (TPSA) is 93.8 Å². The van der Waals surface area contributed by atoms with Crippen LogP contribution in [0.4, 0.5) is 0 Å². The predicted octanol–water partition coefficient (Wildman–Crippen LogP) is -0.351. The third kappa shape index (κ3) is 2.87. The van der Waals surface area contributed by atoms with Gasteiger partial charge in [-0.3, -0.25) is 10.3 Å². The molecule has 3 N–H and O–H groups in total. The van der Waals surface area contributed by atoms with Crippen molar-refractivity contribution >= 4 is 22.9 Å². The molecule has 0 aromatic carbocycles. The van der Waals surface area contributed by atoms with Crippen molar-refractivity contribution in [3.8, 4) is 0 Å². The minimum atomic E-state index is -0.457. The van der Waals surface area contributed by atoms with Crippen molar-refractivity contribution in [2.45, 2.75) is 12.6 Å². The summed E-state index contributed by atoms with van der Waals surface area (Å²) in [7, 11) is 0. The first-order valence-electron chi connectivity index (χ1n) is 6.65. The summed E-state index contributed by atoms with van der Waals surface area (Å²) < 4.78 is 1.80. The van der Waals surface area contributed by atoms with Gasteiger partial charge in [-0.25, -0.2) is 9.97 Å². The maximum atomic E-state index is 10.2. The van der Waals surface area contributed by atoms with Crippen LogP contribution < -0.4 is 5.49 Å². The van der Waals surface area contributed by atoms with E-state index in [0.29, 0.717) is 24.3 Å². The monoisotopic (exact) mass is 294 g/mol. The number of thioether (sulfide) groups is 1. The van der Waals surface area contributed by atoms with Crippen LogP contribution in [0, 0.1) is 5.41 Å². The van der Waals surface area contributed by atoms with Gasteiger partial charge in [-0.2, -0.15) is 11.8 Å². The molecule has 108 valence electrons. The molecule has 1 fully saturated rings. The fourth-order valence-electron chi connectivity index (χ4n) is 2.43. The summed E-state index contributed by atoms with van der Waals surface area (Å²) in [5, 5.41) is 17.9. The molecule has 1 unspecified atom stereocenters. The second-order valence-corrected chi connectivity index (χ2v) is 6.14. The number of fused-ring (bicyclic) bond motifs is 1. The Bertz CT molecular complexity index is 632. The number of aromatic nitrogens is 4. The summed E-state index contributed by atoms with van der Waals surface area (Å²) >= 11 is 1.96. The highest BCUT2D eigenvalue weighted by atomic mass is 32.2. The van der Waals surface area contributed by atoms with Crippen molar-refractivity contribution in [3.63, 3.8) is 0 Å². The summed E-state index contributed by atoms with van der Waals surface area (Å²) in [6.07, 6.45) is 2.66. The van der Waals surface area contributed by atoms with Gasteiger partial charge in [0, 0.05) is 31.1 Å². The lowest BCUT2D eigenvalue weighted by Gasteiger charge is -2.28. The lowest BCUT2D eigenvalue weighted by molar-refractivity contribution is 0.103. The fraction of sp³-hybridized carbons (Fsp3) is 0.583. The Morgan fingerprint density at radius 3 is 2.95 bits per heavy atom. The SMILES string of the molecule is N=c1ncn(CC(O)CN2CCSCC2)c2nc[nH]c12. The second-order valence-electron chi connectivity index (χ2n) is 4.91. The van der Waals surface area contributed by atoms with Crippen LogP contribution >= 0.6 is 11.8 Å². The first kappa shape index (κ1) is 13.6. The van der Waals surface area contributed by atoms with Gasteiger partial charge in [-0.1, -0.05) is 0 Å². The van der Waals surface area contributed by atoms with E-state index in [4.69, 9.17) is 5.41 Å². The van der Waals surface area contributed by atoms with Gasteiger partial charge in [-0.05, 0) is 0 Å². The number of nitrogens with zero attached hydrogens (tertiary/aromatic N) is 4. The molecule has 1 aliphatic rings. The normalized spacial score (nSPS) is 18.4. The number of hydrogen-bond acceptors (Lipinski definition) is 6. The molecule has 8 heteroatoms. The Kier molecular flexibility index (Phi) is 4.04. The maximum Gasteiger partial charge on any atom is 0.173 e. The molecule has 1 saturated heterocycles. The highest BCUT2D eigenvalue weighted by Gasteiger charge is 2.16. The summed E-state index contributed by atoms with van der Waals surface area (Å²) in [5.74, 6) is 2.27. The molecule has 3 heterocycles. The van der Waals surface area contributed by atoms with Crippen molar-refractivity contribution in [2.24, 2.45) is 0 Å². The zero-order valence-corrected chi connectivity index (χ0v) is 11.9. The van der Waals surface area contributed by atoms with Gasteiger partial charge in [0.1, 0.15) is 5.52 Å². The molecule has 0 aliphatic carbocycles. The number of aliphatic hydroxyl groups is 1. The van der Waals surface area contributed by atoms with Crippen molar-refractivity contribution in [3.05, 3.63) is 18.1 Å². The highest BCUT2D eigenvalue weighted by Crippen LogP contribution is 2.10. The third-order valence-electron chi connectivity index (χ3n) is 3.43. The van der Waals surface area contributed by atoms with Crippen LogP contribution in [0.5, 0.6) is 0 Å². The van der Waals surface area contributed by atoms with E-state index in [2.05, 4.69) is 19.9 Å². The Hall–Kier alpha value is -1.38. The molecular formula is C12H18N6OS. The Morgan fingerprint density at radius 1 is 1.35 bits per heavy atom. The largest absolute Gasteiger partial charge is 0.390 e. The lowest BCUT2D eigenvalue weighted by Crippen LogP contribution is -2.39. The lowest BCUT2D eigenvalue weighted by atomic mass is 10.3. The summed E-state index contributed by atoms with van der Waals surface area (Å²) in [4.78, 5) is 13.4. The van der Waals surface area contributed by atoms with Crippen molar-refractivity contribution in [1.29, 1.82) is 5.41 Å². The molecule has 2 aromatic heterocycles. The van der Waals surface area contributed by atoms with E-state index >= 15 is 0 Å². The minimum Gasteiger partial charge on any atom is -0.390 e. The van der Waals surface area contributed by atoms with E-state index in [1.54, 1.807) is 17.2 Å². The molecule has 3 rings (SSSR count). The first-order chi connectivity index (χ1) is 9.74. The minimum absolute atomic E-state index is 0.177. The maximum absolute atomic E-state index is 10.2. The average molecular weight is 294 g/mol. The number of β-amino-alcohol motifs (C(OH)–C–C–N with tert-alkyl or cyclic N) is 1. The van der Waals surface area contributed by atoms with Crippen LogP contribution in [0.15, 0.2) is 12.7 Å². The van der Waals surface area contributed by atoms with Crippen molar-refractivity contribution in [2.75, 3.05) is 31.1 Å². The molecule has 0 spiro atoms. The van der Waals surface area contributed by atoms with Gasteiger partial charge < -0.3 is 14.7 Å². The molecule has 1 aliphatic heterocycles. The third-order valence-corrected chi connectivity index (χ3v) is 4.38. The predicted molar refractivity (Wildman–Crippen MR) is 77.5 cm³/mol. The highest BCUT2D eigenvalue weighted by molar-refractivity contribution is 7.99. The van der Waals surface area contributed by atoms with Gasteiger partial charge in [0.25, 0.3) is 0 Å². The molecule has 0 saturated carbocycles. The number of hydrogen-bond donors (Lipinski definition) is 3. The number of aliphatic hydroxyl groups excluding tert-OH is 1. The van der Waals surface area contributed by atoms with Gasteiger partial charge in [0.15, 0.2) is 11.1 Å². The number of aromatic amines is 1. The zero-order chi connectivity index (χ0) is 13.9. The number of H-pyrrole nitrogens is 1. The van der Waals surface area contributed by atoms with E-state index in [-0.39, 0.29) is 5.49 Å². The van der Waals surface area contributed by atoms with E-state index in [9.17, 15) is 5.11 Å². The standard InChI is InChI=1S/C12H18N6OS/c13-11-10-12(15-7-14-10)18(8-16-11)6-9(19)5-17-1-3-20-4-2-17/h7-9,13,19H,1-6H2,(H,14,15). The molecular weight excluding hydrogens is 276 g/mol. The smallest absolute Gasteiger partial charge is 0.173 e. The van der Waals surface area contributed by atoms with E-state index in [1.165, 1.54) is 0 Å². The van der Waals surface area contributed by atoms with Crippen LogP contribution in [-0.4, -0.2) is 66.8 Å². The summed E-state index contributed by atoms with van der Waals surface area (Å²) in [6, 6.07) is 0. The van der Waals surface area contributed by atoms with Crippen LogP contribution in [0.3, 0.4) is 0 Å². The summed E-state index contributed by atoms with van der Waals surface area (Å²) in [5.41, 5.74) is 1.45. The Labute approximate surface area is 120 Å². The van der Waals surface area contributed by atoms with Gasteiger partial charge >= 0.3 is 0 Å². The van der Waals surface area contributed by atoms with Crippen molar-refractivity contribution in [1.82, 2.24) is 24.4 Å². The Morgan fingerprint density at radius 2 is 2.15 bits per heavy atom.